The van der Waals surface area contributed by atoms with Crippen LogP contribution in [0.15, 0.2) is 43.0 Å². The number of fused-ring (bicyclic) bond motifs is 2. The van der Waals surface area contributed by atoms with Gasteiger partial charge in [-0.25, -0.2) is 0 Å². The lowest BCUT2D eigenvalue weighted by Gasteiger charge is -2.61. The first kappa shape index (κ1) is 26.1. The zero-order valence-corrected chi connectivity index (χ0v) is 23.4. The Hall–Kier alpha value is -1.02. The predicted octanol–water partition coefficient (Wildman–Crippen LogP) is 6.55. The Bertz CT molecular complexity index is 883. The van der Waals surface area contributed by atoms with Gasteiger partial charge in [-0.1, -0.05) is 57.2 Å². The quantitative estimate of drug-likeness (QED) is 0.347. The molecule has 0 aromatic heterocycles. The van der Waals surface area contributed by atoms with Gasteiger partial charge >= 0.3 is 0 Å². The van der Waals surface area contributed by atoms with Gasteiger partial charge in [-0.15, -0.1) is 6.58 Å². The summed E-state index contributed by atoms with van der Waals surface area (Å²) >= 11 is 0. The Morgan fingerprint density at radius 1 is 1.09 bits per heavy atom. The largest absolute Gasteiger partial charge is 0.411 e. The number of benzene rings is 1. The average molecular weight is 489 g/mol. The molecule has 0 unspecified atom stereocenters. The highest BCUT2D eigenvalue weighted by Crippen LogP contribution is 2.52. The summed E-state index contributed by atoms with van der Waals surface area (Å²) in [4.78, 5) is 0. The monoisotopic (exact) mass is 488 g/mol. The van der Waals surface area contributed by atoms with Crippen LogP contribution in [0.4, 0.5) is 0 Å². The van der Waals surface area contributed by atoms with E-state index in [0.29, 0.717) is 6.61 Å². The van der Waals surface area contributed by atoms with Crippen LogP contribution in [0.25, 0.3) is 0 Å². The summed E-state index contributed by atoms with van der Waals surface area (Å²) in [6, 6.07) is 10.1. The van der Waals surface area contributed by atoms with E-state index >= 15 is 0 Å². The van der Waals surface area contributed by atoms with Gasteiger partial charge in [-0.05, 0) is 45.3 Å². The summed E-state index contributed by atoms with van der Waals surface area (Å²) in [6.45, 7) is 22.4. The van der Waals surface area contributed by atoms with Crippen molar-refractivity contribution in [1.29, 1.82) is 0 Å². The average Bonchev–Trinajstić information content (AvgIpc) is 2.73. The van der Waals surface area contributed by atoms with Crippen LogP contribution < -0.4 is 0 Å². The highest BCUT2D eigenvalue weighted by molar-refractivity contribution is 6.74. The molecule has 7 atom stereocenters. The molecule has 3 saturated heterocycles. The van der Waals surface area contributed by atoms with Gasteiger partial charge < -0.3 is 23.4 Å². The van der Waals surface area contributed by atoms with Crippen molar-refractivity contribution in [3.05, 3.63) is 48.6 Å². The van der Waals surface area contributed by atoms with Gasteiger partial charge in [0.2, 0.25) is 0 Å². The van der Waals surface area contributed by atoms with E-state index in [9.17, 15) is 0 Å². The molecule has 5 nitrogen and oxygen atoms in total. The smallest absolute Gasteiger partial charge is 0.192 e. The maximum atomic E-state index is 6.99. The normalized spacial score (nSPS) is 40.8. The molecule has 0 radical (unpaired) electrons. The fourth-order valence-electron chi connectivity index (χ4n) is 5.39. The standard InChI is InChI=1S/C28H44O5Si/c1-10-16-26(5)23(32-34(8,9)25(2,3)4)18-27(6)22(31-26)17-21-28(7,33-27)19-29-24(30-21)20-14-12-11-13-15-20/h10-15,21-24H,1,16-19H2,2-9H3/t21-,22+,23+,24+,26-,27-,28+/m0/s1. The van der Waals surface area contributed by atoms with Crippen LogP contribution in [0.1, 0.15) is 72.7 Å². The second kappa shape index (κ2) is 8.82. The van der Waals surface area contributed by atoms with Gasteiger partial charge in [0.15, 0.2) is 14.6 Å². The molecule has 3 heterocycles. The SMILES string of the molecule is C=CC[C@]1(C)O[C@@H]2C[C@@H]3O[C@H](c4ccccc4)OC[C@@]3(C)O[C@@]2(C)C[C@H]1O[Si](C)(C)C(C)(C)C. The summed E-state index contributed by atoms with van der Waals surface area (Å²) in [5, 5.41) is 0.113. The van der Waals surface area contributed by atoms with Crippen LogP contribution in [0.5, 0.6) is 0 Å². The van der Waals surface area contributed by atoms with Gasteiger partial charge in [-0.3, -0.25) is 0 Å². The molecule has 3 aliphatic heterocycles. The first-order valence-electron chi connectivity index (χ1n) is 12.7. The fourth-order valence-corrected chi connectivity index (χ4v) is 6.79. The third-order valence-electron chi connectivity index (χ3n) is 8.61. The van der Waals surface area contributed by atoms with Crippen LogP contribution in [-0.4, -0.2) is 50.0 Å². The maximum absolute atomic E-state index is 6.99. The molecule has 0 aliphatic carbocycles. The van der Waals surface area contributed by atoms with E-state index in [1.165, 1.54) is 0 Å². The molecule has 1 aromatic carbocycles. The van der Waals surface area contributed by atoms with Gasteiger partial charge in [0.25, 0.3) is 0 Å². The van der Waals surface area contributed by atoms with E-state index in [1.807, 2.05) is 36.4 Å². The Labute approximate surface area is 207 Å². The van der Waals surface area contributed by atoms with Crippen LogP contribution >= 0.6 is 0 Å². The van der Waals surface area contributed by atoms with Gasteiger partial charge in [0, 0.05) is 18.4 Å². The lowest BCUT2D eigenvalue weighted by Crippen LogP contribution is -2.71. The summed E-state index contributed by atoms with van der Waals surface area (Å²) in [6.07, 6.45) is 3.56. The van der Waals surface area contributed by atoms with E-state index in [0.717, 1.165) is 24.8 Å². The molecule has 0 saturated carbocycles. The first-order chi connectivity index (χ1) is 15.7. The van der Waals surface area contributed by atoms with Gasteiger partial charge in [0.05, 0.1) is 36.1 Å². The van der Waals surface area contributed by atoms with E-state index in [4.69, 9.17) is 23.4 Å². The minimum Gasteiger partial charge on any atom is -0.411 e. The first-order valence-corrected chi connectivity index (χ1v) is 15.6. The third kappa shape index (κ3) is 4.70. The molecule has 0 spiro atoms. The lowest BCUT2D eigenvalue weighted by molar-refractivity contribution is -0.384. The van der Waals surface area contributed by atoms with Gasteiger partial charge in [0.1, 0.15) is 5.60 Å². The Morgan fingerprint density at radius 2 is 1.76 bits per heavy atom. The summed E-state index contributed by atoms with van der Waals surface area (Å²) < 4.78 is 33.4. The number of hydrogen-bond donors (Lipinski definition) is 0. The van der Waals surface area contributed by atoms with Crippen molar-refractivity contribution in [2.75, 3.05) is 6.61 Å². The topological polar surface area (TPSA) is 46.2 Å². The van der Waals surface area contributed by atoms with Crippen molar-refractivity contribution in [3.8, 4) is 0 Å². The molecule has 34 heavy (non-hydrogen) atoms. The molecule has 0 bridgehead atoms. The predicted molar refractivity (Wildman–Crippen MR) is 137 cm³/mol. The Kier molecular flexibility index (Phi) is 6.76. The van der Waals surface area contributed by atoms with Crippen molar-refractivity contribution in [1.82, 2.24) is 0 Å². The molecule has 3 fully saturated rings. The molecular weight excluding hydrogens is 444 g/mol. The van der Waals surface area contributed by atoms with Crippen LogP contribution in [0, 0.1) is 0 Å². The van der Waals surface area contributed by atoms with Crippen LogP contribution in [0.2, 0.25) is 18.1 Å². The highest BCUT2D eigenvalue weighted by Gasteiger charge is 2.62. The van der Waals surface area contributed by atoms with E-state index in [-0.39, 0.29) is 29.6 Å². The summed E-state index contributed by atoms with van der Waals surface area (Å²) in [5.74, 6) is 0. The van der Waals surface area contributed by atoms with E-state index < -0.39 is 25.1 Å². The zero-order chi connectivity index (χ0) is 25.0. The van der Waals surface area contributed by atoms with Crippen LogP contribution in [-0.2, 0) is 23.4 Å². The minimum absolute atomic E-state index is 0.0738. The van der Waals surface area contributed by atoms with Crippen molar-refractivity contribution in [2.24, 2.45) is 0 Å². The molecule has 0 N–H and O–H groups in total. The lowest BCUT2D eigenvalue weighted by atomic mass is 9.73. The maximum Gasteiger partial charge on any atom is 0.192 e. The van der Waals surface area contributed by atoms with Crippen molar-refractivity contribution in [2.45, 2.75) is 120 Å². The van der Waals surface area contributed by atoms with Crippen molar-refractivity contribution < 1.29 is 23.4 Å². The highest BCUT2D eigenvalue weighted by atomic mass is 28.4. The third-order valence-corrected chi connectivity index (χ3v) is 13.1. The van der Waals surface area contributed by atoms with E-state index in [1.54, 1.807) is 0 Å². The number of hydrogen-bond acceptors (Lipinski definition) is 5. The molecule has 6 heteroatoms. The van der Waals surface area contributed by atoms with Crippen LogP contribution in [0.3, 0.4) is 0 Å². The van der Waals surface area contributed by atoms with Gasteiger partial charge in [-0.2, -0.15) is 0 Å². The second-order valence-electron chi connectivity index (χ2n) is 12.6. The van der Waals surface area contributed by atoms with E-state index in [2.05, 4.69) is 61.2 Å². The Balaban J connectivity index is 1.58. The Morgan fingerprint density at radius 3 is 2.38 bits per heavy atom. The minimum atomic E-state index is -2.02. The molecule has 4 rings (SSSR count). The molecule has 0 amide bonds. The number of ether oxygens (including phenoxy) is 4. The summed E-state index contributed by atoms with van der Waals surface area (Å²) in [5.41, 5.74) is -0.441. The zero-order valence-electron chi connectivity index (χ0n) is 22.4. The molecule has 1 aromatic rings. The molecule has 190 valence electrons. The fraction of sp³-hybridized carbons (Fsp3) is 0.714. The molecular formula is C28H44O5Si. The number of rotatable bonds is 5. The summed E-state index contributed by atoms with van der Waals surface area (Å²) in [7, 11) is -2.02. The van der Waals surface area contributed by atoms with Crippen molar-refractivity contribution >= 4 is 8.32 Å². The molecule has 3 aliphatic rings. The van der Waals surface area contributed by atoms with Crippen molar-refractivity contribution in [3.63, 3.8) is 0 Å². The second-order valence-corrected chi connectivity index (χ2v) is 17.4.